The number of rotatable bonds is 8. The van der Waals surface area contributed by atoms with Gasteiger partial charge in [-0.25, -0.2) is 0 Å². The standard InChI is InChI=1S/C22H21ClN2O6/c23-18-12-17(25(29)30)7-8-19(18)24-21(27)13-31-22(28)10-9-20(26)16-6-5-14-3-1-2-4-15(14)11-16/h5-8,11-12H,1-4,9-10,13H2,(H,24,27). The molecule has 0 atom stereocenters. The lowest BCUT2D eigenvalue weighted by atomic mass is 9.89. The van der Waals surface area contributed by atoms with Gasteiger partial charge in [-0.3, -0.25) is 24.5 Å². The maximum atomic E-state index is 12.4. The maximum absolute atomic E-state index is 12.4. The third kappa shape index (κ3) is 6.11. The monoisotopic (exact) mass is 444 g/mol. The number of benzene rings is 2. The van der Waals surface area contributed by atoms with Crippen molar-refractivity contribution in [2.45, 2.75) is 38.5 Å². The zero-order chi connectivity index (χ0) is 22.4. The molecule has 1 amide bonds. The summed E-state index contributed by atoms with van der Waals surface area (Å²) < 4.78 is 4.90. The minimum atomic E-state index is -0.670. The van der Waals surface area contributed by atoms with Gasteiger partial charge in [-0.05, 0) is 48.9 Å². The predicted molar refractivity (Wildman–Crippen MR) is 114 cm³/mol. The zero-order valence-electron chi connectivity index (χ0n) is 16.7. The minimum Gasteiger partial charge on any atom is -0.456 e. The molecule has 0 saturated carbocycles. The number of hydrogen-bond acceptors (Lipinski definition) is 6. The second-order valence-electron chi connectivity index (χ2n) is 7.24. The number of halogens is 1. The number of amides is 1. The Morgan fingerprint density at radius 3 is 2.48 bits per heavy atom. The summed E-state index contributed by atoms with van der Waals surface area (Å²) in [5, 5.41) is 13.1. The highest BCUT2D eigenvalue weighted by Crippen LogP contribution is 2.26. The summed E-state index contributed by atoms with van der Waals surface area (Å²) in [6, 6.07) is 9.27. The quantitative estimate of drug-likeness (QED) is 0.281. The van der Waals surface area contributed by atoms with E-state index >= 15 is 0 Å². The van der Waals surface area contributed by atoms with Crippen molar-refractivity contribution in [1.82, 2.24) is 0 Å². The fraction of sp³-hybridized carbons (Fsp3) is 0.318. The highest BCUT2D eigenvalue weighted by Gasteiger charge is 2.16. The Balaban J connectivity index is 1.44. The van der Waals surface area contributed by atoms with Crippen molar-refractivity contribution in [3.63, 3.8) is 0 Å². The number of nitrogens with zero attached hydrogens (tertiary/aromatic N) is 1. The first-order valence-electron chi connectivity index (χ1n) is 9.88. The van der Waals surface area contributed by atoms with Crippen LogP contribution in [0.3, 0.4) is 0 Å². The van der Waals surface area contributed by atoms with Crippen LogP contribution in [0.15, 0.2) is 36.4 Å². The van der Waals surface area contributed by atoms with Gasteiger partial charge in [0, 0.05) is 24.1 Å². The summed E-state index contributed by atoms with van der Waals surface area (Å²) in [4.78, 5) is 46.3. The lowest BCUT2D eigenvalue weighted by Gasteiger charge is -2.16. The molecule has 9 heteroatoms. The van der Waals surface area contributed by atoms with Crippen LogP contribution < -0.4 is 5.32 Å². The number of nitro groups is 1. The number of nitro benzene ring substituents is 1. The number of carbonyl (C=O) groups excluding carboxylic acids is 3. The van der Waals surface area contributed by atoms with Crippen molar-refractivity contribution >= 4 is 40.6 Å². The second kappa shape index (κ2) is 10.2. The fourth-order valence-electron chi connectivity index (χ4n) is 3.39. The van der Waals surface area contributed by atoms with Gasteiger partial charge in [0.2, 0.25) is 0 Å². The number of aryl methyl sites for hydroxylation is 2. The SMILES string of the molecule is O=C(COC(=O)CCC(=O)c1ccc2c(c1)CCCC2)Nc1ccc([N+](=O)[O-])cc1Cl. The lowest BCUT2D eigenvalue weighted by molar-refractivity contribution is -0.384. The number of anilines is 1. The molecule has 0 aromatic heterocycles. The van der Waals surface area contributed by atoms with Gasteiger partial charge in [0.15, 0.2) is 12.4 Å². The number of ether oxygens (including phenoxy) is 1. The summed E-state index contributed by atoms with van der Waals surface area (Å²) in [5.74, 6) is -1.46. The summed E-state index contributed by atoms with van der Waals surface area (Å²) in [7, 11) is 0. The average Bonchev–Trinajstić information content (AvgIpc) is 2.76. The molecule has 0 unspecified atom stereocenters. The van der Waals surface area contributed by atoms with E-state index in [1.165, 1.54) is 23.3 Å². The first-order chi connectivity index (χ1) is 14.8. The van der Waals surface area contributed by atoms with Crippen LogP contribution in [-0.2, 0) is 27.2 Å². The fourth-order valence-corrected chi connectivity index (χ4v) is 3.61. The van der Waals surface area contributed by atoms with Gasteiger partial charge in [0.1, 0.15) is 0 Å². The van der Waals surface area contributed by atoms with E-state index in [4.69, 9.17) is 16.3 Å². The summed E-state index contributed by atoms with van der Waals surface area (Å²) in [6.07, 6.45) is 4.13. The number of carbonyl (C=O) groups is 3. The van der Waals surface area contributed by atoms with Crippen molar-refractivity contribution < 1.29 is 24.0 Å². The van der Waals surface area contributed by atoms with Crippen LogP contribution in [0.25, 0.3) is 0 Å². The van der Waals surface area contributed by atoms with Crippen LogP contribution in [0.1, 0.15) is 47.2 Å². The number of ketones is 1. The predicted octanol–water partition coefficient (Wildman–Crippen LogP) is 4.27. The Hall–Kier alpha value is -3.26. The van der Waals surface area contributed by atoms with E-state index in [9.17, 15) is 24.5 Å². The Morgan fingerprint density at radius 2 is 1.77 bits per heavy atom. The molecule has 1 N–H and O–H groups in total. The normalized spacial score (nSPS) is 12.5. The third-order valence-electron chi connectivity index (χ3n) is 5.03. The largest absolute Gasteiger partial charge is 0.456 e. The van der Waals surface area contributed by atoms with Gasteiger partial charge in [-0.15, -0.1) is 0 Å². The molecule has 0 bridgehead atoms. The van der Waals surface area contributed by atoms with E-state index in [0.29, 0.717) is 5.56 Å². The molecule has 0 radical (unpaired) electrons. The summed E-state index contributed by atoms with van der Waals surface area (Å²) in [5.41, 5.74) is 3.01. The smallest absolute Gasteiger partial charge is 0.306 e. The van der Waals surface area contributed by atoms with Crippen LogP contribution in [0.5, 0.6) is 0 Å². The van der Waals surface area contributed by atoms with E-state index in [1.807, 2.05) is 12.1 Å². The molecule has 0 heterocycles. The van der Waals surface area contributed by atoms with E-state index < -0.39 is 23.4 Å². The van der Waals surface area contributed by atoms with Gasteiger partial charge >= 0.3 is 5.97 Å². The van der Waals surface area contributed by atoms with Gasteiger partial charge in [0.25, 0.3) is 11.6 Å². The molecular formula is C22H21ClN2O6. The van der Waals surface area contributed by atoms with Crippen molar-refractivity contribution in [2.75, 3.05) is 11.9 Å². The molecule has 0 aliphatic heterocycles. The van der Waals surface area contributed by atoms with Gasteiger partial charge in [-0.1, -0.05) is 23.7 Å². The molecule has 2 aromatic rings. The molecule has 1 aliphatic carbocycles. The number of hydrogen-bond donors (Lipinski definition) is 1. The number of nitrogens with one attached hydrogen (secondary N) is 1. The van der Waals surface area contributed by atoms with Crippen molar-refractivity contribution in [3.8, 4) is 0 Å². The summed E-state index contributed by atoms with van der Waals surface area (Å²) in [6.45, 7) is -0.556. The molecular weight excluding hydrogens is 424 g/mol. The highest BCUT2D eigenvalue weighted by molar-refractivity contribution is 6.34. The first kappa shape index (κ1) is 22.4. The third-order valence-corrected chi connectivity index (χ3v) is 5.34. The first-order valence-corrected chi connectivity index (χ1v) is 10.3. The van der Waals surface area contributed by atoms with Crippen LogP contribution in [0.2, 0.25) is 5.02 Å². The second-order valence-corrected chi connectivity index (χ2v) is 7.65. The zero-order valence-corrected chi connectivity index (χ0v) is 17.4. The van der Waals surface area contributed by atoms with Gasteiger partial charge in [0.05, 0.1) is 22.1 Å². The van der Waals surface area contributed by atoms with Crippen molar-refractivity contribution in [2.24, 2.45) is 0 Å². The van der Waals surface area contributed by atoms with Gasteiger partial charge < -0.3 is 10.1 Å². The van der Waals surface area contributed by atoms with Crippen molar-refractivity contribution in [3.05, 3.63) is 68.2 Å². The highest BCUT2D eigenvalue weighted by atomic mass is 35.5. The Bertz CT molecular complexity index is 1040. The van der Waals surface area contributed by atoms with Crippen LogP contribution >= 0.6 is 11.6 Å². The molecule has 2 aromatic carbocycles. The molecule has 0 saturated heterocycles. The topological polar surface area (TPSA) is 116 Å². The average molecular weight is 445 g/mol. The Morgan fingerprint density at radius 1 is 1.03 bits per heavy atom. The molecule has 0 fully saturated rings. The van der Waals surface area contributed by atoms with Gasteiger partial charge in [-0.2, -0.15) is 0 Å². The van der Waals surface area contributed by atoms with Crippen LogP contribution in [-0.4, -0.2) is 29.2 Å². The molecule has 162 valence electrons. The molecule has 8 nitrogen and oxygen atoms in total. The number of non-ortho nitro benzene ring substituents is 1. The number of Topliss-reactive ketones (excluding diaryl/α,β-unsaturated/α-hetero) is 1. The maximum Gasteiger partial charge on any atom is 0.306 e. The Kier molecular flexibility index (Phi) is 7.36. The lowest BCUT2D eigenvalue weighted by Crippen LogP contribution is -2.21. The molecule has 3 rings (SSSR count). The molecule has 0 spiro atoms. The van der Waals surface area contributed by atoms with E-state index in [2.05, 4.69) is 5.32 Å². The van der Waals surface area contributed by atoms with Crippen molar-refractivity contribution in [1.29, 1.82) is 0 Å². The minimum absolute atomic E-state index is 0.00653. The molecule has 31 heavy (non-hydrogen) atoms. The number of esters is 1. The number of fused-ring (bicyclic) bond motifs is 1. The van der Waals surface area contributed by atoms with E-state index in [0.717, 1.165) is 31.7 Å². The molecule has 1 aliphatic rings. The van der Waals surface area contributed by atoms with Crippen LogP contribution in [0, 0.1) is 10.1 Å². The van der Waals surface area contributed by atoms with E-state index in [1.54, 1.807) is 6.07 Å². The van der Waals surface area contributed by atoms with E-state index in [-0.39, 0.29) is 35.0 Å². The summed E-state index contributed by atoms with van der Waals surface area (Å²) >= 11 is 5.90. The van der Waals surface area contributed by atoms with Crippen LogP contribution in [0.4, 0.5) is 11.4 Å². The Labute approximate surface area is 183 Å².